The Balaban J connectivity index is 1.82. The van der Waals surface area contributed by atoms with Gasteiger partial charge in [0.25, 0.3) is 5.56 Å². The highest BCUT2D eigenvalue weighted by Crippen LogP contribution is 2.39. The van der Waals surface area contributed by atoms with Crippen LogP contribution in [0.2, 0.25) is 0 Å². The van der Waals surface area contributed by atoms with Gasteiger partial charge in [0.05, 0.1) is 11.1 Å². The number of amides is 1. The summed E-state index contributed by atoms with van der Waals surface area (Å²) in [6.45, 7) is 3.77. The number of hydrogen-bond acceptors (Lipinski definition) is 4. The lowest BCUT2D eigenvalue weighted by Crippen LogP contribution is -2.35. The van der Waals surface area contributed by atoms with Crippen LogP contribution < -0.4 is 11.3 Å². The van der Waals surface area contributed by atoms with E-state index in [2.05, 4.69) is 0 Å². The van der Waals surface area contributed by atoms with E-state index in [4.69, 9.17) is 10.8 Å². The number of aryl methyl sites for hydroxylation is 4. The fourth-order valence-electron chi connectivity index (χ4n) is 6.44. The van der Waals surface area contributed by atoms with Crippen molar-refractivity contribution in [3.05, 3.63) is 91.9 Å². The Kier molecular flexibility index (Phi) is 14.2. The van der Waals surface area contributed by atoms with E-state index >= 15 is 0 Å². The van der Waals surface area contributed by atoms with Crippen molar-refractivity contribution in [2.75, 3.05) is 20.6 Å². The minimum absolute atomic E-state index is 0.00890. The van der Waals surface area contributed by atoms with Gasteiger partial charge in [-0.2, -0.15) is 26.3 Å². The molecular weight excluding hydrogens is 702 g/mol. The number of alkyl halides is 6. The zero-order valence-corrected chi connectivity index (χ0v) is 29.4. The first-order valence-electron chi connectivity index (χ1n) is 16.8. The molecule has 0 saturated heterocycles. The molecule has 286 valence electrons. The Bertz CT molecular complexity index is 1800. The number of rotatable bonds is 17. The number of halogens is 8. The molecule has 0 aliphatic carbocycles. The molecule has 1 aromatic heterocycles. The molecule has 52 heavy (non-hydrogen) atoms. The molecule has 2 atom stereocenters. The van der Waals surface area contributed by atoms with E-state index < -0.39 is 77.0 Å². The van der Waals surface area contributed by atoms with Gasteiger partial charge < -0.3 is 20.3 Å². The second-order valence-corrected chi connectivity index (χ2v) is 13.5. The van der Waals surface area contributed by atoms with Crippen molar-refractivity contribution in [1.82, 2.24) is 9.47 Å². The first-order chi connectivity index (χ1) is 24.1. The quantitative estimate of drug-likeness (QED) is 0.107. The minimum atomic E-state index is -5.08. The van der Waals surface area contributed by atoms with Gasteiger partial charge in [0.15, 0.2) is 0 Å². The molecule has 2 unspecified atom stereocenters. The summed E-state index contributed by atoms with van der Waals surface area (Å²) in [6, 6.07) is 3.35. The highest BCUT2D eigenvalue weighted by Gasteiger charge is 2.37. The monoisotopic (exact) mass is 745 g/mol. The number of nitrogens with zero attached hydrogens (tertiary/aromatic N) is 2. The van der Waals surface area contributed by atoms with Gasteiger partial charge in [0, 0.05) is 18.7 Å². The lowest BCUT2D eigenvalue weighted by Gasteiger charge is -2.23. The molecule has 0 spiro atoms. The highest BCUT2D eigenvalue weighted by molar-refractivity contribution is 5.78. The first kappa shape index (κ1) is 42.1. The van der Waals surface area contributed by atoms with Crippen molar-refractivity contribution in [2.45, 2.75) is 90.0 Å². The van der Waals surface area contributed by atoms with Crippen molar-refractivity contribution in [2.24, 2.45) is 11.7 Å². The number of carbonyl (C=O) groups excluding carboxylic acids is 1. The van der Waals surface area contributed by atoms with Crippen LogP contribution in [0.1, 0.15) is 84.9 Å². The van der Waals surface area contributed by atoms with E-state index in [1.165, 1.54) is 13.0 Å². The Hall–Kier alpha value is -4.27. The molecule has 0 bridgehead atoms. The third kappa shape index (κ3) is 11.4. The smallest absolute Gasteiger partial charge is 0.419 e. The number of nitrogens with two attached hydrogens (primary N) is 1. The molecule has 0 aliphatic rings. The number of aromatic nitrogens is 1. The third-order valence-corrected chi connectivity index (χ3v) is 8.94. The average Bonchev–Trinajstić information content (AvgIpc) is 3.00. The molecule has 0 fully saturated rings. The second kappa shape index (κ2) is 17.5. The van der Waals surface area contributed by atoms with Crippen LogP contribution in [0.3, 0.4) is 0 Å². The van der Waals surface area contributed by atoms with Crippen molar-refractivity contribution >= 4 is 11.9 Å². The number of benzene rings is 2. The largest absolute Gasteiger partial charge is 0.481 e. The molecule has 0 radical (unpaired) electrons. The number of hydrogen-bond donors (Lipinski definition) is 2. The number of pyridine rings is 1. The maximum atomic E-state index is 14.9. The molecular formula is C37H43F8N3O4. The fourth-order valence-corrected chi connectivity index (χ4v) is 6.44. The van der Waals surface area contributed by atoms with Gasteiger partial charge in [-0.15, -0.1) is 0 Å². The highest BCUT2D eigenvalue weighted by atomic mass is 19.4. The van der Waals surface area contributed by atoms with E-state index in [9.17, 15) is 49.5 Å². The summed E-state index contributed by atoms with van der Waals surface area (Å²) in [5.41, 5.74) is 2.27. The number of aliphatic carboxylic acids is 1. The molecule has 15 heteroatoms. The van der Waals surface area contributed by atoms with Gasteiger partial charge in [-0.25, -0.2) is 8.78 Å². The summed E-state index contributed by atoms with van der Waals surface area (Å²) in [6.07, 6.45) is -7.96. The van der Waals surface area contributed by atoms with Crippen molar-refractivity contribution in [3.8, 4) is 11.1 Å². The number of carboxylic acids is 1. The van der Waals surface area contributed by atoms with E-state index in [0.717, 1.165) is 22.9 Å². The maximum absolute atomic E-state index is 14.9. The van der Waals surface area contributed by atoms with Crippen LogP contribution >= 0.6 is 0 Å². The number of primary amides is 1. The topological polar surface area (TPSA) is 106 Å². The number of unbranched alkanes of at least 4 members (excludes halogenated alkanes) is 1. The van der Waals surface area contributed by atoms with E-state index in [0.29, 0.717) is 55.5 Å². The van der Waals surface area contributed by atoms with Gasteiger partial charge >= 0.3 is 18.3 Å². The zero-order valence-electron chi connectivity index (χ0n) is 29.4. The van der Waals surface area contributed by atoms with Crippen molar-refractivity contribution in [3.63, 3.8) is 0 Å². The molecule has 3 rings (SSSR count). The van der Waals surface area contributed by atoms with Gasteiger partial charge in [-0.05, 0) is 130 Å². The molecule has 2 aromatic carbocycles. The van der Waals surface area contributed by atoms with E-state index in [-0.39, 0.29) is 41.9 Å². The lowest BCUT2D eigenvalue weighted by atomic mass is 9.88. The predicted molar refractivity (Wildman–Crippen MR) is 180 cm³/mol. The molecule has 0 aliphatic heterocycles. The molecule has 3 N–H and O–H groups in total. The summed E-state index contributed by atoms with van der Waals surface area (Å²) in [5.74, 6) is -4.68. The van der Waals surface area contributed by atoms with Crippen LogP contribution in [-0.4, -0.2) is 47.1 Å². The molecule has 1 heterocycles. The van der Waals surface area contributed by atoms with Gasteiger partial charge in [0.2, 0.25) is 5.91 Å². The van der Waals surface area contributed by atoms with Crippen LogP contribution in [0, 0.1) is 24.5 Å². The van der Waals surface area contributed by atoms with Crippen LogP contribution in [0.25, 0.3) is 11.1 Å². The van der Waals surface area contributed by atoms with Crippen LogP contribution in [0.4, 0.5) is 35.1 Å². The SMILES string of the molecule is Cc1cc(F)cc(CCCCC(C)CC(C(N)=O)n2cc(CCCN(C)C)c(C(F)(F)F)cc2=O)c1-c1cc(CCC(=O)O)c(F)c(C(F)(F)F)c1. The van der Waals surface area contributed by atoms with Gasteiger partial charge in [-0.3, -0.25) is 14.4 Å². The average molecular weight is 746 g/mol. The summed E-state index contributed by atoms with van der Waals surface area (Å²) in [4.78, 5) is 38.3. The Morgan fingerprint density at radius 2 is 1.50 bits per heavy atom. The normalized spacial score (nSPS) is 13.4. The first-order valence-corrected chi connectivity index (χ1v) is 16.8. The minimum Gasteiger partial charge on any atom is -0.481 e. The van der Waals surface area contributed by atoms with Gasteiger partial charge in [-0.1, -0.05) is 19.8 Å². The Morgan fingerprint density at radius 3 is 2.08 bits per heavy atom. The fraction of sp³-hybridized carbons (Fsp3) is 0.486. The van der Waals surface area contributed by atoms with E-state index in [1.807, 2.05) is 0 Å². The number of carbonyl (C=O) groups is 2. The predicted octanol–water partition coefficient (Wildman–Crippen LogP) is 8.12. The Morgan fingerprint density at radius 1 is 0.865 bits per heavy atom. The summed E-state index contributed by atoms with van der Waals surface area (Å²) < 4.78 is 113. The molecule has 0 saturated carbocycles. The van der Waals surface area contributed by atoms with Crippen LogP contribution in [-0.2, 0) is 41.2 Å². The third-order valence-electron chi connectivity index (χ3n) is 8.94. The van der Waals surface area contributed by atoms with Crippen molar-refractivity contribution in [1.29, 1.82) is 0 Å². The van der Waals surface area contributed by atoms with Gasteiger partial charge in [0.1, 0.15) is 17.7 Å². The van der Waals surface area contributed by atoms with Crippen LogP contribution in [0.5, 0.6) is 0 Å². The van der Waals surface area contributed by atoms with E-state index in [1.54, 1.807) is 25.9 Å². The molecule has 7 nitrogen and oxygen atoms in total. The molecule has 3 aromatic rings. The molecule has 1 amide bonds. The van der Waals surface area contributed by atoms with Crippen molar-refractivity contribution < 1.29 is 49.8 Å². The summed E-state index contributed by atoms with van der Waals surface area (Å²) >= 11 is 0. The second-order valence-electron chi connectivity index (χ2n) is 13.5. The number of carboxylic acid groups (broad SMARTS) is 1. The zero-order chi connectivity index (χ0) is 39.1. The standard InChI is InChI=1S/C37H43F8N3O4/c1-21(14-30(35(46)52)48-20-25(10-7-13-47(3)4)28(19-31(48)49)36(40,41)42)8-5-6-9-23-17-27(38)15-22(2)33(23)26-16-24(11-12-32(50)51)34(39)29(18-26)37(43,44)45/h15-21,30H,5-14H2,1-4H3,(H2,46,52)(H,50,51). The summed E-state index contributed by atoms with van der Waals surface area (Å²) in [7, 11) is 3.55. The maximum Gasteiger partial charge on any atom is 0.419 e. The lowest BCUT2D eigenvalue weighted by molar-refractivity contribution is -0.140. The summed E-state index contributed by atoms with van der Waals surface area (Å²) in [5, 5.41) is 9.03. The van der Waals surface area contributed by atoms with Crippen LogP contribution in [0.15, 0.2) is 41.3 Å². The Labute approximate surface area is 296 Å².